The normalized spacial score (nSPS) is 10.8. The van der Waals surface area contributed by atoms with E-state index in [4.69, 9.17) is 8.94 Å². The quantitative estimate of drug-likeness (QED) is 0.763. The SMILES string of the molecule is Cc1cc(C(=O)Nc2ccc3oc(C)nc3c2)on1. The predicted molar refractivity (Wildman–Crippen MR) is 67.9 cm³/mol. The molecule has 0 saturated carbocycles. The lowest BCUT2D eigenvalue weighted by Crippen LogP contribution is -2.10. The smallest absolute Gasteiger partial charge is 0.294 e. The lowest BCUT2D eigenvalue weighted by molar-refractivity contribution is 0.0988. The summed E-state index contributed by atoms with van der Waals surface area (Å²) in [6, 6.07) is 6.83. The van der Waals surface area contributed by atoms with Crippen molar-refractivity contribution in [2.24, 2.45) is 0 Å². The number of hydrogen-bond acceptors (Lipinski definition) is 5. The van der Waals surface area contributed by atoms with Crippen LogP contribution in [-0.4, -0.2) is 16.0 Å². The number of aryl methyl sites for hydroxylation is 2. The van der Waals surface area contributed by atoms with E-state index in [1.54, 1.807) is 38.1 Å². The van der Waals surface area contributed by atoms with Gasteiger partial charge in [0.2, 0.25) is 5.76 Å². The van der Waals surface area contributed by atoms with Crippen molar-refractivity contribution < 1.29 is 13.7 Å². The summed E-state index contributed by atoms with van der Waals surface area (Å²) < 4.78 is 10.3. The molecule has 1 amide bonds. The molecule has 96 valence electrons. The van der Waals surface area contributed by atoms with Crippen molar-refractivity contribution in [3.63, 3.8) is 0 Å². The number of nitrogens with zero attached hydrogens (tertiary/aromatic N) is 2. The topological polar surface area (TPSA) is 81.2 Å². The summed E-state index contributed by atoms with van der Waals surface area (Å²) in [6.45, 7) is 3.53. The van der Waals surface area contributed by atoms with E-state index < -0.39 is 0 Å². The van der Waals surface area contributed by atoms with Crippen LogP contribution in [-0.2, 0) is 0 Å². The molecule has 2 aromatic heterocycles. The number of hydrogen-bond donors (Lipinski definition) is 1. The number of amides is 1. The minimum atomic E-state index is -0.347. The maximum atomic E-state index is 11.9. The average molecular weight is 257 g/mol. The van der Waals surface area contributed by atoms with Crippen LogP contribution >= 0.6 is 0 Å². The van der Waals surface area contributed by atoms with Crippen molar-refractivity contribution in [3.05, 3.63) is 41.6 Å². The zero-order valence-electron chi connectivity index (χ0n) is 10.4. The zero-order valence-corrected chi connectivity index (χ0v) is 10.4. The Morgan fingerprint density at radius 1 is 1.26 bits per heavy atom. The van der Waals surface area contributed by atoms with Crippen molar-refractivity contribution in [2.75, 3.05) is 5.32 Å². The van der Waals surface area contributed by atoms with E-state index in [1.807, 2.05) is 0 Å². The molecule has 0 aliphatic heterocycles. The molecule has 0 spiro atoms. The number of carbonyl (C=O) groups is 1. The standard InChI is InChI=1S/C13H11N3O3/c1-7-5-12(19-16-7)13(17)15-9-3-4-11-10(6-9)14-8(2)18-11/h3-6H,1-2H3,(H,15,17). The number of benzene rings is 1. The fraction of sp³-hybridized carbons (Fsp3) is 0.154. The van der Waals surface area contributed by atoms with Gasteiger partial charge in [-0.05, 0) is 25.1 Å². The fourth-order valence-corrected chi connectivity index (χ4v) is 1.78. The summed E-state index contributed by atoms with van der Waals surface area (Å²) in [5.41, 5.74) is 2.67. The molecule has 0 aliphatic carbocycles. The molecule has 0 radical (unpaired) electrons. The van der Waals surface area contributed by atoms with Gasteiger partial charge in [0.05, 0.1) is 5.69 Å². The highest BCUT2D eigenvalue weighted by Crippen LogP contribution is 2.20. The van der Waals surface area contributed by atoms with Crippen molar-refractivity contribution in [1.82, 2.24) is 10.1 Å². The highest BCUT2D eigenvalue weighted by Gasteiger charge is 2.12. The van der Waals surface area contributed by atoms with Gasteiger partial charge < -0.3 is 14.3 Å². The number of rotatable bonds is 2. The maximum Gasteiger partial charge on any atom is 0.294 e. The molecule has 0 unspecified atom stereocenters. The van der Waals surface area contributed by atoms with Crippen LogP contribution in [0.15, 0.2) is 33.2 Å². The first-order valence-electron chi connectivity index (χ1n) is 5.74. The fourth-order valence-electron chi connectivity index (χ4n) is 1.78. The summed E-state index contributed by atoms with van der Waals surface area (Å²) >= 11 is 0. The molecular formula is C13H11N3O3. The number of oxazole rings is 1. The Bertz CT molecular complexity index is 757. The number of aromatic nitrogens is 2. The Hall–Kier alpha value is -2.63. The Morgan fingerprint density at radius 3 is 2.84 bits per heavy atom. The summed E-state index contributed by atoms with van der Waals surface area (Å²) in [5, 5.41) is 6.39. The van der Waals surface area contributed by atoms with Gasteiger partial charge in [0.25, 0.3) is 5.91 Å². The van der Waals surface area contributed by atoms with Gasteiger partial charge in [-0.1, -0.05) is 5.16 Å². The summed E-state index contributed by atoms with van der Waals surface area (Å²) in [5.74, 6) is 0.415. The number of anilines is 1. The largest absolute Gasteiger partial charge is 0.441 e. The molecule has 0 aliphatic rings. The molecule has 6 heteroatoms. The van der Waals surface area contributed by atoms with Crippen LogP contribution in [0.25, 0.3) is 11.1 Å². The molecule has 3 rings (SSSR count). The Morgan fingerprint density at radius 2 is 2.11 bits per heavy atom. The van der Waals surface area contributed by atoms with Gasteiger partial charge in [-0.2, -0.15) is 0 Å². The molecule has 0 fully saturated rings. The molecular weight excluding hydrogens is 246 g/mol. The van der Waals surface area contributed by atoms with E-state index in [-0.39, 0.29) is 11.7 Å². The minimum Gasteiger partial charge on any atom is -0.441 e. The van der Waals surface area contributed by atoms with E-state index >= 15 is 0 Å². The van der Waals surface area contributed by atoms with Crippen LogP contribution in [0.1, 0.15) is 22.1 Å². The molecule has 3 aromatic rings. The van der Waals surface area contributed by atoms with Crippen LogP contribution in [0.4, 0.5) is 5.69 Å². The Balaban J connectivity index is 1.86. The van der Waals surface area contributed by atoms with E-state index in [9.17, 15) is 4.79 Å². The molecule has 0 atom stereocenters. The summed E-state index contributed by atoms with van der Waals surface area (Å²) in [7, 11) is 0. The summed E-state index contributed by atoms with van der Waals surface area (Å²) in [4.78, 5) is 16.1. The lowest BCUT2D eigenvalue weighted by Gasteiger charge is -2.01. The monoisotopic (exact) mass is 257 g/mol. The molecule has 1 aromatic carbocycles. The van der Waals surface area contributed by atoms with E-state index in [0.717, 1.165) is 0 Å². The van der Waals surface area contributed by atoms with Crippen LogP contribution in [0, 0.1) is 13.8 Å². The van der Waals surface area contributed by atoms with Gasteiger partial charge in [-0.25, -0.2) is 4.98 Å². The van der Waals surface area contributed by atoms with Gasteiger partial charge in [-0.15, -0.1) is 0 Å². The number of nitrogens with one attached hydrogen (secondary N) is 1. The highest BCUT2D eigenvalue weighted by molar-refractivity contribution is 6.02. The van der Waals surface area contributed by atoms with Crippen LogP contribution in [0.2, 0.25) is 0 Å². The second-order valence-electron chi connectivity index (χ2n) is 4.20. The minimum absolute atomic E-state index is 0.175. The van der Waals surface area contributed by atoms with Crippen LogP contribution in [0.5, 0.6) is 0 Å². The zero-order chi connectivity index (χ0) is 13.4. The lowest BCUT2D eigenvalue weighted by atomic mass is 10.2. The predicted octanol–water partition coefficient (Wildman–Crippen LogP) is 2.68. The van der Waals surface area contributed by atoms with Gasteiger partial charge >= 0.3 is 0 Å². The molecule has 0 saturated heterocycles. The van der Waals surface area contributed by atoms with E-state index in [1.165, 1.54) is 0 Å². The molecule has 0 bridgehead atoms. The third kappa shape index (κ3) is 2.20. The number of fused-ring (bicyclic) bond motifs is 1. The number of carbonyl (C=O) groups excluding carboxylic acids is 1. The van der Waals surface area contributed by atoms with Crippen molar-refractivity contribution in [3.8, 4) is 0 Å². The highest BCUT2D eigenvalue weighted by atomic mass is 16.5. The molecule has 6 nitrogen and oxygen atoms in total. The first kappa shape index (κ1) is 11.5. The third-order valence-corrected chi connectivity index (χ3v) is 2.60. The maximum absolute atomic E-state index is 11.9. The first-order valence-corrected chi connectivity index (χ1v) is 5.74. The third-order valence-electron chi connectivity index (χ3n) is 2.60. The molecule has 2 heterocycles. The van der Waals surface area contributed by atoms with Gasteiger partial charge in [-0.3, -0.25) is 4.79 Å². The van der Waals surface area contributed by atoms with Crippen molar-refractivity contribution in [2.45, 2.75) is 13.8 Å². The van der Waals surface area contributed by atoms with Crippen molar-refractivity contribution in [1.29, 1.82) is 0 Å². The van der Waals surface area contributed by atoms with E-state index in [0.29, 0.717) is 28.4 Å². The average Bonchev–Trinajstić information content (AvgIpc) is 2.93. The van der Waals surface area contributed by atoms with Crippen LogP contribution in [0.3, 0.4) is 0 Å². The Labute approximate surface area is 108 Å². The first-order chi connectivity index (χ1) is 9.11. The van der Waals surface area contributed by atoms with Gasteiger partial charge in [0, 0.05) is 18.7 Å². The second-order valence-corrected chi connectivity index (χ2v) is 4.20. The van der Waals surface area contributed by atoms with Crippen molar-refractivity contribution >= 4 is 22.7 Å². The Kier molecular flexibility index (Phi) is 2.56. The van der Waals surface area contributed by atoms with Gasteiger partial charge in [0.15, 0.2) is 11.5 Å². The molecule has 1 N–H and O–H groups in total. The second kappa shape index (κ2) is 4.24. The molecule has 19 heavy (non-hydrogen) atoms. The summed E-state index contributed by atoms with van der Waals surface area (Å²) in [6.07, 6.45) is 0. The van der Waals surface area contributed by atoms with Gasteiger partial charge in [0.1, 0.15) is 5.52 Å². The van der Waals surface area contributed by atoms with E-state index in [2.05, 4.69) is 15.5 Å². The van der Waals surface area contributed by atoms with Crippen LogP contribution < -0.4 is 5.32 Å².